The Morgan fingerprint density at radius 1 is 1.43 bits per heavy atom. The van der Waals surface area contributed by atoms with E-state index in [1.54, 1.807) is 6.92 Å². The Bertz CT molecular complexity index is 565. The lowest BCUT2D eigenvalue weighted by Crippen LogP contribution is -2.68. The molecule has 3 N–H and O–H groups in total. The Morgan fingerprint density at radius 3 is 2.67 bits per heavy atom. The zero-order valence-corrected chi connectivity index (χ0v) is 12.1. The van der Waals surface area contributed by atoms with Crippen molar-refractivity contribution >= 4 is 5.78 Å². The Hall–Kier alpha value is -0.950. The Kier molecular flexibility index (Phi) is 2.40. The van der Waals surface area contributed by atoms with Gasteiger partial charge >= 0.3 is 0 Å². The third-order valence-electron chi connectivity index (χ3n) is 6.43. The first kappa shape index (κ1) is 13.7. The van der Waals surface area contributed by atoms with E-state index >= 15 is 0 Å². The van der Waals surface area contributed by atoms with Crippen molar-refractivity contribution in [2.75, 3.05) is 13.2 Å². The molecule has 6 unspecified atom stereocenters. The number of carbonyl (C=O) groups is 1. The van der Waals surface area contributed by atoms with Crippen LogP contribution in [0, 0.1) is 10.8 Å². The molecule has 6 atom stereocenters. The maximum absolute atomic E-state index is 12.9. The number of hydrogen-bond donors (Lipinski definition) is 3. The maximum Gasteiger partial charge on any atom is 0.208 e. The number of aliphatic hydroxyl groups excluding tert-OH is 3. The van der Waals surface area contributed by atoms with Crippen LogP contribution in [0.5, 0.6) is 0 Å². The fourth-order valence-corrected chi connectivity index (χ4v) is 5.04. The summed E-state index contributed by atoms with van der Waals surface area (Å²) in [6.07, 6.45) is -1.01. The van der Waals surface area contributed by atoms with Gasteiger partial charge in [0.15, 0.2) is 5.76 Å². The second kappa shape index (κ2) is 3.68. The van der Waals surface area contributed by atoms with Gasteiger partial charge in [-0.05, 0) is 25.3 Å². The standard InChI is InChI=1S/C15H20O6/c1-7-3-9-14(5-16,11(19)10(7)18)13(2)4-8(17)12(21-9)15(13)6-20-15/h8-9,12,16-18H,3-6H2,1-2H3. The fraction of sp³-hybridized carbons (Fsp3) is 0.800. The molecular formula is C15H20O6. The van der Waals surface area contributed by atoms with E-state index in [9.17, 15) is 20.1 Å². The van der Waals surface area contributed by atoms with Gasteiger partial charge in [0, 0.05) is 5.41 Å². The number of hydrogen-bond acceptors (Lipinski definition) is 6. The molecule has 2 heterocycles. The van der Waals surface area contributed by atoms with E-state index in [4.69, 9.17) is 9.47 Å². The van der Waals surface area contributed by atoms with Gasteiger partial charge in [0.1, 0.15) is 11.7 Å². The molecule has 0 aromatic heterocycles. The van der Waals surface area contributed by atoms with Gasteiger partial charge in [-0.1, -0.05) is 6.92 Å². The zero-order valence-electron chi connectivity index (χ0n) is 12.1. The molecule has 21 heavy (non-hydrogen) atoms. The second-order valence-electron chi connectivity index (χ2n) is 7.12. The van der Waals surface area contributed by atoms with Gasteiger partial charge in [-0.15, -0.1) is 0 Å². The average Bonchev–Trinajstić information content (AvgIpc) is 3.20. The van der Waals surface area contributed by atoms with Crippen LogP contribution < -0.4 is 0 Å². The van der Waals surface area contributed by atoms with Crippen molar-refractivity contribution in [2.45, 2.75) is 50.6 Å². The van der Waals surface area contributed by atoms with Crippen LogP contribution in [0.1, 0.15) is 26.7 Å². The van der Waals surface area contributed by atoms with Gasteiger partial charge in [0.25, 0.3) is 0 Å². The van der Waals surface area contributed by atoms with Crippen molar-refractivity contribution < 1.29 is 29.6 Å². The third kappa shape index (κ3) is 1.20. The molecule has 116 valence electrons. The Labute approximate surface area is 122 Å². The summed E-state index contributed by atoms with van der Waals surface area (Å²) in [5, 5.41) is 30.6. The average molecular weight is 296 g/mol. The summed E-state index contributed by atoms with van der Waals surface area (Å²) >= 11 is 0. The predicted octanol–water partition coefficient (Wildman–Crippen LogP) is 0.0772. The number of aliphatic hydroxyl groups is 3. The van der Waals surface area contributed by atoms with Gasteiger partial charge < -0.3 is 24.8 Å². The normalized spacial score (nSPS) is 55.0. The first-order chi connectivity index (χ1) is 9.84. The van der Waals surface area contributed by atoms with E-state index in [-0.39, 0.29) is 5.76 Å². The van der Waals surface area contributed by atoms with Gasteiger partial charge in [-0.25, -0.2) is 0 Å². The van der Waals surface area contributed by atoms with Crippen LogP contribution in [-0.2, 0) is 14.3 Å². The summed E-state index contributed by atoms with van der Waals surface area (Å²) in [4.78, 5) is 12.9. The van der Waals surface area contributed by atoms with Crippen LogP contribution >= 0.6 is 0 Å². The van der Waals surface area contributed by atoms with Crippen LogP contribution in [0.15, 0.2) is 11.3 Å². The summed E-state index contributed by atoms with van der Waals surface area (Å²) in [7, 11) is 0. The second-order valence-corrected chi connectivity index (χ2v) is 7.12. The van der Waals surface area contributed by atoms with Crippen molar-refractivity contribution in [1.29, 1.82) is 0 Å². The summed E-state index contributed by atoms with van der Waals surface area (Å²) in [6.45, 7) is 3.56. The lowest BCUT2D eigenvalue weighted by Gasteiger charge is -2.56. The molecule has 0 radical (unpaired) electrons. The summed E-state index contributed by atoms with van der Waals surface area (Å²) in [5.74, 6) is -0.760. The van der Waals surface area contributed by atoms with Gasteiger partial charge in [0.05, 0.1) is 30.8 Å². The van der Waals surface area contributed by atoms with Crippen LogP contribution in [0.3, 0.4) is 0 Å². The molecule has 2 aliphatic heterocycles. The number of ether oxygens (including phenoxy) is 2. The molecule has 4 aliphatic rings. The van der Waals surface area contributed by atoms with Crippen LogP contribution in [0.2, 0.25) is 0 Å². The predicted molar refractivity (Wildman–Crippen MR) is 70.5 cm³/mol. The quantitative estimate of drug-likeness (QED) is 0.593. The van der Waals surface area contributed by atoms with Crippen molar-refractivity contribution in [1.82, 2.24) is 0 Å². The molecule has 0 aromatic carbocycles. The SMILES string of the molecule is CC1=C(O)C(=O)C2(CO)C(C1)OC1C(O)CC2(C)C12CO2. The van der Waals surface area contributed by atoms with Crippen molar-refractivity contribution in [3.05, 3.63) is 11.3 Å². The third-order valence-corrected chi connectivity index (χ3v) is 6.43. The lowest BCUT2D eigenvalue weighted by molar-refractivity contribution is -0.224. The van der Waals surface area contributed by atoms with E-state index in [0.29, 0.717) is 25.0 Å². The fourth-order valence-electron chi connectivity index (χ4n) is 5.04. The molecule has 2 aliphatic carbocycles. The first-order valence-corrected chi connectivity index (χ1v) is 7.36. The molecule has 0 aromatic rings. The molecule has 0 amide bonds. The highest BCUT2D eigenvalue weighted by molar-refractivity contribution is 6.01. The molecule has 2 bridgehead atoms. The van der Waals surface area contributed by atoms with Crippen LogP contribution in [0.4, 0.5) is 0 Å². The maximum atomic E-state index is 12.9. The topological polar surface area (TPSA) is 99.5 Å². The molecule has 1 saturated carbocycles. The van der Waals surface area contributed by atoms with E-state index in [2.05, 4.69) is 0 Å². The van der Waals surface area contributed by atoms with Gasteiger partial charge in [-0.3, -0.25) is 4.79 Å². The summed E-state index contributed by atoms with van der Waals surface area (Å²) < 4.78 is 11.7. The largest absolute Gasteiger partial charge is 0.504 e. The number of epoxide rings is 1. The highest BCUT2D eigenvalue weighted by atomic mass is 16.6. The van der Waals surface area contributed by atoms with Crippen LogP contribution in [-0.4, -0.2) is 58.2 Å². The number of rotatable bonds is 1. The summed E-state index contributed by atoms with van der Waals surface area (Å²) in [6, 6.07) is 0. The molecule has 6 nitrogen and oxygen atoms in total. The lowest BCUT2D eigenvalue weighted by atomic mass is 9.51. The first-order valence-electron chi connectivity index (χ1n) is 7.36. The minimum absolute atomic E-state index is 0.277. The highest BCUT2D eigenvalue weighted by Gasteiger charge is 2.83. The number of carbonyl (C=O) groups excluding carboxylic acids is 1. The van der Waals surface area contributed by atoms with E-state index < -0.39 is 47.1 Å². The number of Topliss-reactive ketones (excluding diaryl/α,β-unsaturated/α-hetero) is 1. The Balaban J connectivity index is 1.94. The molecule has 3 fully saturated rings. The molecule has 1 spiro atoms. The van der Waals surface area contributed by atoms with Crippen molar-refractivity contribution in [3.63, 3.8) is 0 Å². The minimum Gasteiger partial charge on any atom is -0.504 e. The van der Waals surface area contributed by atoms with Gasteiger partial charge in [-0.2, -0.15) is 0 Å². The number of fused-ring (bicyclic) bond motifs is 2. The Morgan fingerprint density at radius 2 is 2.10 bits per heavy atom. The van der Waals surface area contributed by atoms with Crippen LogP contribution in [0.25, 0.3) is 0 Å². The molecule has 6 heteroatoms. The molecule has 4 rings (SSSR count). The van der Waals surface area contributed by atoms with E-state index in [0.717, 1.165) is 0 Å². The number of ketones is 1. The number of allylic oxidation sites excluding steroid dienone is 1. The van der Waals surface area contributed by atoms with E-state index in [1.807, 2.05) is 6.92 Å². The van der Waals surface area contributed by atoms with Crippen molar-refractivity contribution in [2.24, 2.45) is 10.8 Å². The van der Waals surface area contributed by atoms with E-state index in [1.165, 1.54) is 0 Å². The monoisotopic (exact) mass is 296 g/mol. The summed E-state index contributed by atoms with van der Waals surface area (Å²) in [5.41, 5.74) is -2.14. The molecule has 2 saturated heterocycles. The van der Waals surface area contributed by atoms with Crippen molar-refractivity contribution in [3.8, 4) is 0 Å². The smallest absolute Gasteiger partial charge is 0.208 e. The van der Waals surface area contributed by atoms with Gasteiger partial charge in [0.2, 0.25) is 5.78 Å². The highest BCUT2D eigenvalue weighted by Crippen LogP contribution is 2.70. The minimum atomic E-state index is -1.25. The zero-order chi connectivity index (χ0) is 15.2. The molecular weight excluding hydrogens is 276 g/mol.